The number of aromatic amines is 2. The van der Waals surface area contributed by atoms with Crippen LogP contribution in [0.2, 0.25) is 0 Å². The van der Waals surface area contributed by atoms with E-state index in [1.54, 1.807) is 18.9 Å². The van der Waals surface area contributed by atoms with Gasteiger partial charge in [-0.25, -0.2) is 9.97 Å². The summed E-state index contributed by atoms with van der Waals surface area (Å²) in [6, 6.07) is -0.435. The first kappa shape index (κ1) is 64.8. The van der Waals surface area contributed by atoms with E-state index in [9.17, 15) is 50.8 Å². The molecule has 1 spiro atoms. The van der Waals surface area contributed by atoms with Crippen LogP contribution in [0, 0.1) is 97.1 Å². The number of aliphatic hydroxyl groups excluding tert-OH is 8. The zero-order valence-corrected chi connectivity index (χ0v) is 53.7. The monoisotopic (exact) mass is 1260 g/mol. The quantitative estimate of drug-likeness (QED) is 0.0496. The number of amides is 1. The standard InChI is InChI=1S/C68H105N9O13/c1-35-10-9-11-36(24-35)72-23-22-70-27-38(56(69)85)54(84)68(47-29-71-33-75-47)19-14-37(49-53(68)77-59(86)66(49)16-7-8-17-66)48-51(82)55(90-58-52(83)50(81)44(80)30-89-58)62(3,32-79)45-15-18-63(4)46(64(45,48)5)13-12-39-41-26-61(2,31-78)20-21-67(41,60(87)88)42-28-73-57-43(74-34-76-57)25-40(42)65(39,63)6/h12,14,19,29,33-38,40-42,44-46,48-56,58,70,72-73,78-85H,7-11,13,15-18,20-28,30-32,69H2,1-6H3,(H,71,75)(H,74,76)(H,77,86)(H,87,88)/t35-,36+,37+,38+,40+,41+,42+,44-,45-,46+,48-,49+,50+,51-,52-,53-,54+,55-,56+,58+,61+,62+,63-,64+,65+,67-,68+/m1/s1. The highest BCUT2D eigenvalue weighted by Crippen LogP contribution is 2.80. The number of aliphatic carboxylic acids is 1. The van der Waals surface area contributed by atoms with Crippen LogP contribution in [-0.4, -0.2) is 185 Å². The topological polar surface area (TPSA) is 366 Å². The van der Waals surface area contributed by atoms with Gasteiger partial charge in [-0.3, -0.25) is 9.59 Å². The van der Waals surface area contributed by atoms with Crippen molar-refractivity contribution in [2.75, 3.05) is 51.3 Å². The number of fused-ring (bicyclic) bond motifs is 13. The number of carboxylic acid groups (broad SMARTS) is 1. The van der Waals surface area contributed by atoms with Gasteiger partial charge in [-0.1, -0.05) is 91.0 Å². The third kappa shape index (κ3) is 9.29. The van der Waals surface area contributed by atoms with E-state index in [0.29, 0.717) is 101 Å². The van der Waals surface area contributed by atoms with Gasteiger partial charge in [-0.15, -0.1) is 0 Å². The van der Waals surface area contributed by atoms with Gasteiger partial charge in [0.25, 0.3) is 0 Å². The first-order chi connectivity index (χ1) is 42.9. The number of ether oxygens (including phenoxy) is 2. The van der Waals surface area contributed by atoms with Crippen LogP contribution in [0.3, 0.4) is 0 Å². The smallest absolute Gasteiger partial charge is 0.310 e. The molecule has 500 valence electrons. The predicted molar refractivity (Wildman–Crippen MR) is 332 cm³/mol. The Balaban J connectivity index is 0.977. The number of imidazole rings is 2. The molecule has 27 atom stereocenters. The first-order valence-electron chi connectivity index (χ1n) is 34.3. The maximum atomic E-state index is 15.7. The fourth-order valence-corrected chi connectivity index (χ4v) is 23.5. The Hall–Kier alpha value is -3.88. The zero-order chi connectivity index (χ0) is 63.9. The lowest BCUT2D eigenvalue weighted by atomic mass is 9.28. The van der Waals surface area contributed by atoms with E-state index in [1.165, 1.54) is 12.8 Å². The number of carboxylic acids is 1. The number of aromatic nitrogens is 4. The Morgan fingerprint density at radius 2 is 1.68 bits per heavy atom. The Morgan fingerprint density at radius 1 is 0.900 bits per heavy atom. The maximum absolute atomic E-state index is 15.7. The molecule has 17 N–H and O–H groups in total. The average Bonchev–Trinajstić information content (AvgIpc) is 0.820. The number of H-pyrrole nitrogens is 2. The van der Waals surface area contributed by atoms with E-state index < -0.39 is 147 Å². The van der Waals surface area contributed by atoms with E-state index in [0.717, 1.165) is 37.0 Å². The number of carbonyl (C=O) groups is 2. The van der Waals surface area contributed by atoms with Crippen molar-refractivity contribution in [1.29, 1.82) is 0 Å². The number of allylic oxidation sites excluding steroid dienone is 3. The van der Waals surface area contributed by atoms with Crippen molar-refractivity contribution >= 4 is 17.7 Å². The van der Waals surface area contributed by atoms with Crippen molar-refractivity contribution in [3.63, 3.8) is 0 Å². The molecule has 1 amide bonds. The summed E-state index contributed by atoms with van der Waals surface area (Å²) in [5.74, 6) is -4.35. The highest BCUT2D eigenvalue weighted by atomic mass is 16.7. The minimum Gasteiger partial charge on any atom is -0.481 e. The Labute approximate surface area is 529 Å². The molecule has 6 saturated carbocycles. The van der Waals surface area contributed by atoms with Crippen LogP contribution >= 0.6 is 0 Å². The molecule has 2 aromatic heterocycles. The Bertz CT molecular complexity index is 3020. The average molecular weight is 1260 g/mol. The van der Waals surface area contributed by atoms with Crippen molar-refractivity contribution in [3.8, 4) is 0 Å². The van der Waals surface area contributed by atoms with Crippen molar-refractivity contribution in [1.82, 2.24) is 35.9 Å². The predicted octanol–water partition coefficient (Wildman–Crippen LogP) is 3.22. The van der Waals surface area contributed by atoms with Crippen LogP contribution in [0.1, 0.15) is 143 Å². The van der Waals surface area contributed by atoms with Crippen LogP contribution in [0.4, 0.5) is 5.82 Å². The molecule has 8 aliphatic carbocycles. The number of aliphatic hydroxyl groups is 8. The fraction of sp³-hybridized carbons (Fsp3) is 0.824. The molecule has 13 rings (SSSR count). The molecule has 22 nitrogen and oxygen atoms in total. The molecule has 2 aromatic rings. The number of anilines is 1. The molecule has 11 aliphatic rings. The van der Waals surface area contributed by atoms with Gasteiger partial charge >= 0.3 is 5.97 Å². The summed E-state index contributed by atoms with van der Waals surface area (Å²) in [7, 11) is 0. The van der Waals surface area contributed by atoms with E-state index >= 15 is 4.79 Å². The van der Waals surface area contributed by atoms with Gasteiger partial charge in [0, 0.05) is 68.0 Å². The summed E-state index contributed by atoms with van der Waals surface area (Å²) in [6.07, 6.45) is 10.4. The van der Waals surface area contributed by atoms with Crippen LogP contribution < -0.4 is 27.0 Å². The van der Waals surface area contributed by atoms with Crippen LogP contribution in [0.5, 0.6) is 0 Å². The third-order valence-electron chi connectivity index (χ3n) is 28.2. The second-order valence-corrected chi connectivity index (χ2v) is 32.0. The molecule has 3 aliphatic heterocycles. The number of carbonyl (C=O) groups excluding carboxylic acids is 1. The maximum Gasteiger partial charge on any atom is 0.310 e. The SMILES string of the molecule is C[C@@H]1CCC[C@H](NCCNC[C@H]([C@@H](N)O)[C@H](O)[C@]2(c3cnc[nH]3)C=C[C@@H]([C@@H]3[C@@H](O)[C@@H](O[C@@H]4OC[C@@H](O)[C@H](O)[C@H]4O)[C@@](C)(CO)[C@H]4CC[C@]5(C)[C@H](CC=C6[C@@H]7C[C@@](C)(CO)CC[C@]7(C(=O)O)[C@H]7CNc8nc[nH]c8C[C@@H]7[C@]65C)[C@@]34C)[C@H]3[C@H]2NC(=O)C32CCCC2)C1. The van der Waals surface area contributed by atoms with Crippen molar-refractivity contribution in [2.24, 2.45) is 103 Å². The number of nitrogens with one attached hydrogen (secondary N) is 6. The minimum atomic E-state index is -1.72. The highest BCUT2D eigenvalue weighted by Gasteiger charge is 2.79. The zero-order valence-electron chi connectivity index (χ0n) is 53.7. The van der Waals surface area contributed by atoms with Gasteiger partial charge in [0.15, 0.2) is 6.29 Å². The van der Waals surface area contributed by atoms with E-state index in [1.807, 2.05) is 13.0 Å². The summed E-state index contributed by atoms with van der Waals surface area (Å²) >= 11 is 0. The number of nitrogens with two attached hydrogens (primary N) is 1. The second kappa shape index (κ2) is 23.5. The lowest BCUT2D eigenvalue weighted by molar-refractivity contribution is -0.344. The summed E-state index contributed by atoms with van der Waals surface area (Å²) in [4.78, 5) is 46.4. The summed E-state index contributed by atoms with van der Waals surface area (Å²) in [5, 5.41) is 123. The number of nitrogens with zero attached hydrogens (tertiary/aromatic N) is 2. The summed E-state index contributed by atoms with van der Waals surface area (Å²) < 4.78 is 13.0. The van der Waals surface area contributed by atoms with Crippen molar-refractivity contribution < 1.29 is 65.0 Å². The molecule has 90 heavy (non-hydrogen) atoms. The lowest BCUT2D eigenvalue weighted by Crippen LogP contribution is -2.75. The van der Waals surface area contributed by atoms with Gasteiger partial charge in [0.05, 0.1) is 72.2 Å². The Kier molecular flexibility index (Phi) is 16.9. The van der Waals surface area contributed by atoms with Crippen LogP contribution in [0.15, 0.2) is 42.7 Å². The van der Waals surface area contributed by atoms with Gasteiger partial charge in [-0.2, -0.15) is 0 Å². The van der Waals surface area contributed by atoms with E-state index in [4.69, 9.17) is 20.2 Å². The largest absolute Gasteiger partial charge is 0.481 e. The van der Waals surface area contributed by atoms with Crippen LogP contribution in [0.25, 0.3) is 0 Å². The molecular formula is C68H105N9O13. The fourth-order valence-electron chi connectivity index (χ4n) is 23.5. The molecule has 0 radical (unpaired) electrons. The lowest BCUT2D eigenvalue weighted by Gasteiger charge is -2.76. The molecule has 2 saturated heterocycles. The van der Waals surface area contributed by atoms with Crippen LogP contribution in [-0.2, 0) is 30.9 Å². The van der Waals surface area contributed by atoms with E-state index in [2.05, 4.69) is 83.0 Å². The molecule has 5 heterocycles. The highest BCUT2D eigenvalue weighted by molar-refractivity contribution is 5.87. The molecule has 0 aromatic carbocycles. The van der Waals surface area contributed by atoms with Gasteiger partial charge in [0.1, 0.15) is 30.4 Å². The second-order valence-electron chi connectivity index (χ2n) is 32.0. The van der Waals surface area contributed by atoms with Gasteiger partial charge < -0.3 is 92.4 Å². The Morgan fingerprint density at radius 3 is 2.38 bits per heavy atom. The number of hydrogen-bond acceptors (Lipinski definition) is 18. The number of rotatable bonds is 16. The summed E-state index contributed by atoms with van der Waals surface area (Å²) in [6.45, 7) is 14.3. The number of hydrogen-bond donors (Lipinski definition) is 16. The van der Waals surface area contributed by atoms with Crippen molar-refractivity contribution in [3.05, 3.63) is 54.0 Å². The molecule has 0 bridgehead atoms. The molecular weight excluding hydrogens is 1150 g/mol. The third-order valence-corrected chi connectivity index (χ3v) is 28.2. The molecule has 22 heteroatoms. The van der Waals surface area contributed by atoms with Gasteiger partial charge in [-0.05, 0) is 140 Å². The molecule has 0 unspecified atom stereocenters. The minimum absolute atomic E-state index is 0.0782. The molecule has 8 fully saturated rings. The van der Waals surface area contributed by atoms with E-state index in [-0.39, 0.29) is 43.4 Å². The first-order valence-corrected chi connectivity index (χ1v) is 34.3. The van der Waals surface area contributed by atoms with Crippen molar-refractivity contribution in [2.45, 2.75) is 204 Å². The van der Waals surface area contributed by atoms with Gasteiger partial charge in [0.2, 0.25) is 5.91 Å². The summed E-state index contributed by atoms with van der Waals surface area (Å²) in [5.41, 5.74) is 1.46. The normalized spacial score (nSPS) is 47.7.